The summed E-state index contributed by atoms with van der Waals surface area (Å²) in [5.74, 6) is 0.647. The summed E-state index contributed by atoms with van der Waals surface area (Å²) in [6.45, 7) is 3.77. The van der Waals surface area contributed by atoms with Gasteiger partial charge in [-0.1, -0.05) is 0 Å². The van der Waals surface area contributed by atoms with Crippen LogP contribution in [0.4, 0.5) is 15.9 Å². The van der Waals surface area contributed by atoms with Crippen molar-refractivity contribution in [2.24, 2.45) is 0 Å². The van der Waals surface area contributed by atoms with E-state index < -0.39 is 0 Å². The molecule has 0 radical (unpaired) electrons. The molecule has 2 nitrogen and oxygen atoms in total. The van der Waals surface area contributed by atoms with Crippen molar-refractivity contribution in [3.8, 4) is 0 Å². The molecule has 0 bridgehead atoms. The molecule has 0 amide bonds. The molecule has 0 N–H and O–H groups in total. The van der Waals surface area contributed by atoms with Gasteiger partial charge in [0.25, 0.3) is 0 Å². The van der Waals surface area contributed by atoms with Crippen LogP contribution in [0.5, 0.6) is 0 Å². The van der Waals surface area contributed by atoms with Gasteiger partial charge >= 0.3 is 0 Å². The highest BCUT2D eigenvalue weighted by atomic mass is 79.9. The second kappa shape index (κ2) is 5.06. The van der Waals surface area contributed by atoms with E-state index in [1.54, 1.807) is 19.2 Å². The number of pyridine rings is 1. The van der Waals surface area contributed by atoms with Crippen molar-refractivity contribution in [2.75, 3.05) is 11.9 Å². The van der Waals surface area contributed by atoms with Crippen LogP contribution < -0.4 is 4.90 Å². The van der Waals surface area contributed by atoms with E-state index in [1.807, 2.05) is 31.0 Å². The predicted octanol–water partition coefficient (Wildman–Crippen LogP) is 4.37. The Hall–Kier alpha value is -1.42. The van der Waals surface area contributed by atoms with Crippen molar-refractivity contribution in [3.63, 3.8) is 0 Å². The quantitative estimate of drug-likeness (QED) is 0.819. The van der Waals surface area contributed by atoms with Gasteiger partial charge in [0.15, 0.2) is 0 Å². The van der Waals surface area contributed by atoms with E-state index in [0.29, 0.717) is 5.56 Å². The molecule has 2 rings (SSSR count). The lowest BCUT2D eigenvalue weighted by Gasteiger charge is -2.19. The minimum Gasteiger partial charge on any atom is -0.329 e. The molecule has 0 atom stereocenters. The third-order valence-electron chi connectivity index (χ3n) is 2.90. The van der Waals surface area contributed by atoms with Gasteiger partial charge in [0.1, 0.15) is 11.6 Å². The summed E-state index contributed by atoms with van der Waals surface area (Å²) < 4.78 is 14.2. The molecule has 0 aliphatic rings. The Kier molecular flexibility index (Phi) is 3.66. The molecule has 0 fully saturated rings. The maximum Gasteiger partial charge on any atom is 0.132 e. The second-order valence-corrected chi connectivity index (χ2v) is 5.14. The van der Waals surface area contributed by atoms with Gasteiger partial charge < -0.3 is 4.90 Å². The molecule has 1 heterocycles. The lowest BCUT2D eigenvalue weighted by Crippen LogP contribution is -2.11. The number of aryl methyl sites for hydroxylation is 2. The Morgan fingerprint density at radius 1 is 1.17 bits per heavy atom. The predicted molar refractivity (Wildman–Crippen MR) is 75.9 cm³/mol. The fraction of sp³-hybridized carbons (Fsp3) is 0.214. The Morgan fingerprint density at radius 3 is 2.50 bits per heavy atom. The maximum absolute atomic E-state index is 13.2. The van der Waals surface area contributed by atoms with Gasteiger partial charge in [0, 0.05) is 23.4 Å². The van der Waals surface area contributed by atoms with E-state index in [0.717, 1.165) is 21.5 Å². The second-order valence-electron chi connectivity index (χ2n) is 4.28. The number of benzene rings is 1. The van der Waals surface area contributed by atoms with E-state index in [1.165, 1.54) is 6.07 Å². The van der Waals surface area contributed by atoms with Crippen LogP contribution in [-0.4, -0.2) is 12.0 Å². The van der Waals surface area contributed by atoms with Gasteiger partial charge in [0.2, 0.25) is 0 Å². The molecule has 0 unspecified atom stereocenters. The summed E-state index contributed by atoms with van der Waals surface area (Å²) in [5, 5.41) is 0. The molecule has 0 saturated heterocycles. The lowest BCUT2D eigenvalue weighted by atomic mass is 10.2. The van der Waals surface area contributed by atoms with E-state index in [9.17, 15) is 4.39 Å². The van der Waals surface area contributed by atoms with Crippen LogP contribution in [0.2, 0.25) is 0 Å². The Bertz CT molecular complexity index is 533. The summed E-state index contributed by atoms with van der Waals surface area (Å²) in [6, 6.07) is 7.03. The number of anilines is 2. The van der Waals surface area contributed by atoms with Crippen molar-refractivity contribution in [1.82, 2.24) is 4.98 Å². The number of aromatic nitrogens is 1. The fourth-order valence-electron chi connectivity index (χ4n) is 1.68. The topological polar surface area (TPSA) is 16.1 Å². The highest BCUT2D eigenvalue weighted by Crippen LogP contribution is 2.26. The molecule has 18 heavy (non-hydrogen) atoms. The van der Waals surface area contributed by atoms with Crippen LogP contribution in [0.1, 0.15) is 11.1 Å². The third kappa shape index (κ3) is 2.53. The number of rotatable bonds is 2. The molecule has 0 saturated carbocycles. The smallest absolute Gasteiger partial charge is 0.132 e. The number of nitrogens with zero attached hydrogens (tertiary/aromatic N) is 2. The lowest BCUT2D eigenvalue weighted by molar-refractivity contribution is 0.618. The normalized spacial score (nSPS) is 10.5. The average molecular weight is 309 g/mol. The van der Waals surface area contributed by atoms with Gasteiger partial charge in [-0.25, -0.2) is 9.37 Å². The number of hydrogen-bond acceptors (Lipinski definition) is 2. The van der Waals surface area contributed by atoms with Crippen LogP contribution in [0, 0.1) is 19.7 Å². The zero-order valence-electron chi connectivity index (χ0n) is 10.5. The van der Waals surface area contributed by atoms with Crippen molar-refractivity contribution in [2.45, 2.75) is 13.8 Å². The highest BCUT2D eigenvalue weighted by Gasteiger charge is 2.08. The Balaban J connectivity index is 2.37. The average Bonchev–Trinajstić information content (AvgIpc) is 2.35. The molecule has 0 aliphatic heterocycles. The van der Waals surface area contributed by atoms with Crippen LogP contribution in [0.3, 0.4) is 0 Å². The van der Waals surface area contributed by atoms with Crippen LogP contribution in [-0.2, 0) is 0 Å². The first-order chi connectivity index (χ1) is 8.49. The molecule has 0 spiro atoms. The van der Waals surface area contributed by atoms with Crippen molar-refractivity contribution < 1.29 is 4.39 Å². The number of hydrogen-bond donors (Lipinski definition) is 0. The van der Waals surface area contributed by atoms with Gasteiger partial charge in [-0.05, 0) is 65.2 Å². The zero-order valence-corrected chi connectivity index (χ0v) is 12.1. The minimum absolute atomic E-state index is 0.188. The standard InChI is InChI=1S/C14H14BrFN2/c1-9-7-14(17-8-12(9)15)18(3)11-4-5-13(16)10(2)6-11/h4-8H,1-3H3. The summed E-state index contributed by atoms with van der Waals surface area (Å²) >= 11 is 3.43. The van der Waals surface area contributed by atoms with Crippen LogP contribution >= 0.6 is 15.9 Å². The zero-order chi connectivity index (χ0) is 13.3. The highest BCUT2D eigenvalue weighted by molar-refractivity contribution is 9.10. The molecule has 1 aromatic heterocycles. The van der Waals surface area contributed by atoms with Crippen molar-refractivity contribution >= 4 is 27.4 Å². The van der Waals surface area contributed by atoms with Gasteiger partial charge in [-0.2, -0.15) is 0 Å². The van der Waals surface area contributed by atoms with Crippen molar-refractivity contribution in [3.05, 3.63) is 51.9 Å². The molecule has 94 valence electrons. The van der Waals surface area contributed by atoms with E-state index in [4.69, 9.17) is 0 Å². The van der Waals surface area contributed by atoms with Gasteiger partial charge in [-0.3, -0.25) is 0 Å². The molecular formula is C14H14BrFN2. The van der Waals surface area contributed by atoms with Gasteiger partial charge in [-0.15, -0.1) is 0 Å². The summed E-state index contributed by atoms with van der Waals surface area (Å²) in [5.41, 5.74) is 2.67. The van der Waals surface area contributed by atoms with E-state index >= 15 is 0 Å². The van der Waals surface area contributed by atoms with E-state index in [-0.39, 0.29) is 5.82 Å². The number of halogens is 2. The molecule has 2 aromatic rings. The third-order valence-corrected chi connectivity index (χ3v) is 3.74. The Morgan fingerprint density at radius 2 is 1.89 bits per heavy atom. The van der Waals surface area contributed by atoms with Crippen molar-refractivity contribution in [1.29, 1.82) is 0 Å². The first-order valence-corrected chi connectivity index (χ1v) is 6.40. The molecule has 0 aliphatic carbocycles. The first kappa shape index (κ1) is 13.0. The Labute approximate surface area is 115 Å². The summed E-state index contributed by atoms with van der Waals surface area (Å²) in [4.78, 5) is 6.29. The van der Waals surface area contributed by atoms with E-state index in [2.05, 4.69) is 20.9 Å². The molecule has 4 heteroatoms. The first-order valence-electron chi connectivity index (χ1n) is 5.61. The summed E-state index contributed by atoms with van der Waals surface area (Å²) in [7, 11) is 1.92. The van der Waals surface area contributed by atoms with Crippen LogP contribution in [0.25, 0.3) is 0 Å². The van der Waals surface area contributed by atoms with Crippen LogP contribution in [0.15, 0.2) is 34.9 Å². The molecule has 1 aromatic carbocycles. The fourth-order valence-corrected chi connectivity index (χ4v) is 1.89. The summed E-state index contributed by atoms with van der Waals surface area (Å²) in [6.07, 6.45) is 1.78. The minimum atomic E-state index is -0.188. The SMILES string of the molecule is Cc1cc(N(C)c2cc(C)c(Br)cn2)ccc1F. The largest absolute Gasteiger partial charge is 0.329 e. The van der Waals surface area contributed by atoms with Gasteiger partial charge in [0.05, 0.1) is 0 Å². The molecular weight excluding hydrogens is 295 g/mol. The monoisotopic (exact) mass is 308 g/mol. The maximum atomic E-state index is 13.2.